The maximum absolute atomic E-state index is 9.40. The lowest BCUT2D eigenvalue weighted by Crippen LogP contribution is -2.24. The van der Waals surface area contributed by atoms with Crippen molar-refractivity contribution < 1.29 is 5.11 Å². The first-order valence-electron chi connectivity index (χ1n) is 5.51. The van der Waals surface area contributed by atoms with Crippen LogP contribution in [0.15, 0.2) is 0 Å². The molecule has 76 valence electrons. The molecule has 1 nitrogen and oxygen atoms in total. The molecule has 0 aliphatic heterocycles. The minimum atomic E-state index is 0.377. The highest BCUT2D eigenvalue weighted by molar-refractivity contribution is 5.24. The minimum Gasteiger partial charge on any atom is -0.396 e. The van der Waals surface area contributed by atoms with Crippen LogP contribution < -0.4 is 0 Å². The Bertz CT molecular complexity index is 229. The maximum atomic E-state index is 9.40. The van der Waals surface area contributed by atoms with Crippen molar-refractivity contribution in [3.05, 3.63) is 0 Å². The molecule has 0 amide bonds. The molecule has 1 heteroatoms. The summed E-state index contributed by atoms with van der Waals surface area (Å²) in [5, 5.41) is 9.40. The van der Waals surface area contributed by atoms with E-state index in [9.17, 15) is 5.11 Å². The fourth-order valence-corrected chi connectivity index (χ4v) is 4.56. The smallest absolute Gasteiger partial charge is 0.0470 e. The van der Waals surface area contributed by atoms with Crippen molar-refractivity contribution in [1.29, 1.82) is 0 Å². The van der Waals surface area contributed by atoms with Crippen LogP contribution in [-0.4, -0.2) is 11.7 Å². The topological polar surface area (TPSA) is 20.2 Å². The third-order valence-electron chi connectivity index (χ3n) is 5.30. The van der Waals surface area contributed by atoms with Crippen LogP contribution in [0.1, 0.15) is 47.0 Å². The third kappa shape index (κ3) is 0.823. The normalized spacial score (nSPS) is 45.5. The first-order chi connectivity index (χ1) is 5.90. The molecule has 0 bridgehead atoms. The van der Waals surface area contributed by atoms with Gasteiger partial charge < -0.3 is 5.11 Å². The summed E-state index contributed by atoms with van der Waals surface area (Å²) < 4.78 is 0. The SMILES string of the molecule is CC1(C)CCCC12C(CO)C2(C)C. The van der Waals surface area contributed by atoms with Gasteiger partial charge in [-0.15, -0.1) is 0 Å². The highest BCUT2D eigenvalue weighted by Gasteiger charge is 2.76. The predicted molar refractivity (Wildman–Crippen MR) is 54.4 cm³/mol. The molecule has 0 aromatic carbocycles. The molecule has 2 saturated carbocycles. The van der Waals surface area contributed by atoms with Crippen LogP contribution >= 0.6 is 0 Å². The van der Waals surface area contributed by atoms with Gasteiger partial charge in [0.15, 0.2) is 0 Å². The van der Waals surface area contributed by atoms with E-state index in [1.165, 1.54) is 19.3 Å². The van der Waals surface area contributed by atoms with Crippen LogP contribution in [0.2, 0.25) is 0 Å². The lowest BCUT2D eigenvalue weighted by Gasteiger charge is -2.31. The monoisotopic (exact) mass is 182 g/mol. The van der Waals surface area contributed by atoms with Gasteiger partial charge in [-0.3, -0.25) is 0 Å². The van der Waals surface area contributed by atoms with Crippen molar-refractivity contribution in [2.45, 2.75) is 47.0 Å². The third-order valence-corrected chi connectivity index (χ3v) is 5.30. The molecule has 2 aliphatic carbocycles. The average molecular weight is 182 g/mol. The molecule has 1 N–H and O–H groups in total. The standard InChI is InChI=1S/C12H22O/c1-10(2)6-5-7-12(10)9(8-13)11(12,3)4/h9,13H,5-8H2,1-4H3. The van der Waals surface area contributed by atoms with E-state index in [1.54, 1.807) is 0 Å². The summed E-state index contributed by atoms with van der Waals surface area (Å²) in [7, 11) is 0. The Labute approximate surface area is 81.5 Å². The van der Waals surface area contributed by atoms with E-state index in [0.29, 0.717) is 28.8 Å². The Kier molecular flexibility index (Phi) is 1.69. The molecule has 2 aliphatic rings. The number of aliphatic hydroxyl groups excluding tert-OH is 1. The molecule has 2 unspecified atom stereocenters. The van der Waals surface area contributed by atoms with Gasteiger partial charge in [0.05, 0.1) is 0 Å². The quantitative estimate of drug-likeness (QED) is 0.661. The molecule has 0 saturated heterocycles. The second-order valence-corrected chi connectivity index (χ2v) is 6.17. The van der Waals surface area contributed by atoms with Crippen molar-refractivity contribution >= 4 is 0 Å². The molecule has 0 radical (unpaired) electrons. The van der Waals surface area contributed by atoms with Crippen molar-refractivity contribution in [2.24, 2.45) is 22.2 Å². The summed E-state index contributed by atoms with van der Waals surface area (Å²) in [5.74, 6) is 0.553. The number of hydrogen-bond acceptors (Lipinski definition) is 1. The second kappa shape index (κ2) is 2.31. The van der Waals surface area contributed by atoms with Crippen LogP contribution in [0.5, 0.6) is 0 Å². The van der Waals surface area contributed by atoms with Gasteiger partial charge in [0.1, 0.15) is 0 Å². The summed E-state index contributed by atoms with van der Waals surface area (Å²) in [4.78, 5) is 0. The average Bonchev–Trinajstić information content (AvgIpc) is 2.28. The van der Waals surface area contributed by atoms with Crippen LogP contribution in [0.4, 0.5) is 0 Å². The zero-order valence-electron chi connectivity index (χ0n) is 9.35. The molecular weight excluding hydrogens is 160 g/mol. The molecule has 2 rings (SSSR count). The molecule has 0 aromatic rings. The van der Waals surface area contributed by atoms with Crippen molar-refractivity contribution in [1.82, 2.24) is 0 Å². The van der Waals surface area contributed by atoms with E-state index in [1.807, 2.05) is 0 Å². The van der Waals surface area contributed by atoms with E-state index < -0.39 is 0 Å². The van der Waals surface area contributed by atoms with Crippen LogP contribution in [0.25, 0.3) is 0 Å². The van der Waals surface area contributed by atoms with Gasteiger partial charge in [0, 0.05) is 6.61 Å². The zero-order valence-corrected chi connectivity index (χ0v) is 9.35. The second-order valence-electron chi connectivity index (χ2n) is 6.17. The van der Waals surface area contributed by atoms with E-state index >= 15 is 0 Å². The Hall–Kier alpha value is -0.0400. The van der Waals surface area contributed by atoms with Gasteiger partial charge in [-0.2, -0.15) is 0 Å². The Morgan fingerprint density at radius 3 is 2.08 bits per heavy atom. The summed E-state index contributed by atoms with van der Waals surface area (Å²) >= 11 is 0. The molecule has 0 heterocycles. The maximum Gasteiger partial charge on any atom is 0.0470 e. The predicted octanol–water partition coefficient (Wildman–Crippen LogP) is 2.83. The van der Waals surface area contributed by atoms with Gasteiger partial charge in [-0.1, -0.05) is 34.1 Å². The highest BCUT2D eigenvalue weighted by Crippen LogP contribution is 2.81. The molecule has 2 atom stereocenters. The van der Waals surface area contributed by atoms with E-state index in [0.717, 1.165) is 0 Å². The molecular formula is C12H22O. The van der Waals surface area contributed by atoms with Gasteiger partial charge >= 0.3 is 0 Å². The Morgan fingerprint density at radius 2 is 1.77 bits per heavy atom. The van der Waals surface area contributed by atoms with Gasteiger partial charge in [0.25, 0.3) is 0 Å². The fraction of sp³-hybridized carbons (Fsp3) is 1.00. The number of hydrogen-bond donors (Lipinski definition) is 1. The summed E-state index contributed by atoms with van der Waals surface area (Å²) in [5.41, 5.74) is 1.28. The van der Waals surface area contributed by atoms with E-state index in [4.69, 9.17) is 0 Å². The zero-order chi connectivity index (χ0) is 9.91. The first kappa shape index (κ1) is 9.51. The van der Waals surface area contributed by atoms with Crippen LogP contribution in [0.3, 0.4) is 0 Å². The number of aliphatic hydroxyl groups is 1. The minimum absolute atomic E-state index is 0.377. The molecule has 13 heavy (non-hydrogen) atoms. The lowest BCUT2D eigenvalue weighted by atomic mass is 9.74. The van der Waals surface area contributed by atoms with Crippen molar-refractivity contribution in [3.63, 3.8) is 0 Å². The summed E-state index contributed by atoms with van der Waals surface area (Å²) in [6.07, 6.45) is 4.03. The highest BCUT2D eigenvalue weighted by atomic mass is 16.3. The van der Waals surface area contributed by atoms with E-state index in [2.05, 4.69) is 27.7 Å². The van der Waals surface area contributed by atoms with Crippen molar-refractivity contribution in [3.8, 4) is 0 Å². The Balaban J connectivity index is 2.33. The van der Waals surface area contributed by atoms with Gasteiger partial charge in [-0.05, 0) is 35.0 Å². The summed E-state index contributed by atoms with van der Waals surface area (Å²) in [6.45, 7) is 9.83. The Morgan fingerprint density at radius 1 is 1.15 bits per heavy atom. The molecule has 0 aromatic heterocycles. The van der Waals surface area contributed by atoms with Crippen LogP contribution in [0, 0.1) is 22.2 Å². The van der Waals surface area contributed by atoms with Crippen molar-refractivity contribution in [2.75, 3.05) is 6.61 Å². The van der Waals surface area contributed by atoms with Gasteiger partial charge in [-0.25, -0.2) is 0 Å². The summed E-state index contributed by atoms with van der Waals surface area (Å²) in [6, 6.07) is 0. The van der Waals surface area contributed by atoms with Crippen LogP contribution in [-0.2, 0) is 0 Å². The lowest BCUT2D eigenvalue weighted by molar-refractivity contribution is 0.161. The van der Waals surface area contributed by atoms with E-state index in [-0.39, 0.29) is 0 Å². The first-order valence-corrected chi connectivity index (χ1v) is 5.51. The fourth-order valence-electron chi connectivity index (χ4n) is 4.56. The molecule has 1 spiro atoms. The largest absolute Gasteiger partial charge is 0.396 e. The molecule has 2 fully saturated rings. The number of rotatable bonds is 1. The van der Waals surface area contributed by atoms with Gasteiger partial charge in [0.2, 0.25) is 0 Å².